The molecular weight excluding hydrogens is 202 g/mol. The fraction of sp³-hybridized carbons (Fsp3) is 0.385. The number of hydrogen-bond donors (Lipinski definition) is 0. The van der Waals surface area contributed by atoms with Crippen LogP contribution < -0.4 is 4.74 Å². The van der Waals surface area contributed by atoms with E-state index in [1.807, 2.05) is 13.0 Å². The molecule has 84 valence electrons. The molecule has 0 heterocycles. The molecule has 3 nitrogen and oxygen atoms in total. The van der Waals surface area contributed by atoms with Crippen LogP contribution in [0.5, 0.6) is 5.75 Å². The number of ether oxygens (including phenoxy) is 1. The monoisotopic (exact) mass is 217 g/mol. The quantitative estimate of drug-likeness (QED) is 0.712. The zero-order valence-electron chi connectivity index (χ0n) is 9.56. The highest BCUT2D eigenvalue weighted by Crippen LogP contribution is 2.18. The van der Waals surface area contributed by atoms with Crippen LogP contribution in [0.4, 0.5) is 0 Å². The van der Waals surface area contributed by atoms with Gasteiger partial charge in [0.25, 0.3) is 0 Å². The van der Waals surface area contributed by atoms with E-state index in [0.717, 1.165) is 6.42 Å². The van der Waals surface area contributed by atoms with Crippen molar-refractivity contribution in [3.05, 3.63) is 29.8 Å². The summed E-state index contributed by atoms with van der Waals surface area (Å²) >= 11 is 0. The highest BCUT2D eigenvalue weighted by atomic mass is 16.5. The first-order valence-electron chi connectivity index (χ1n) is 5.30. The van der Waals surface area contributed by atoms with Gasteiger partial charge in [-0.2, -0.15) is 5.26 Å². The number of methoxy groups -OCH3 is 1. The van der Waals surface area contributed by atoms with Crippen molar-refractivity contribution in [2.45, 2.75) is 19.8 Å². The lowest BCUT2D eigenvalue weighted by molar-refractivity contribution is 0.0943. The molecule has 0 amide bonds. The predicted octanol–water partition coefficient (Wildman–Crippen LogP) is 2.82. The van der Waals surface area contributed by atoms with Crippen LogP contribution in [0.1, 0.15) is 30.1 Å². The molecule has 0 N–H and O–H groups in total. The average Bonchev–Trinajstić information content (AvgIpc) is 2.35. The standard InChI is InChI=1S/C13H15NO2/c1-3-5-11(9-14)13(15)10-6-4-7-12(8-10)16-2/h4,6-8,11H,3,5H2,1-2H3. The molecule has 0 aliphatic rings. The van der Waals surface area contributed by atoms with Gasteiger partial charge in [0.1, 0.15) is 11.7 Å². The largest absolute Gasteiger partial charge is 0.497 e. The lowest BCUT2D eigenvalue weighted by atomic mass is 9.95. The Morgan fingerprint density at radius 2 is 2.31 bits per heavy atom. The molecule has 0 aromatic heterocycles. The van der Waals surface area contributed by atoms with E-state index in [-0.39, 0.29) is 5.78 Å². The van der Waals surface area contributed by atoms with Gasteiger partial charge in [-0.15, -0.1) is 0 Å². The molecule has 1 rings (SSSR count). The first-order chi connectivity index (χ1) is 7.72. The number of nitrogens with zero attached hydrogens (tertiary/aromatic N) is 1. The van der Waals surface area contributed by atoms with E-state index in [9.17, 15) is 4.79 Å². The molecule has 1 aromatic carbocycles. The van der Waals surface area contributed by atoms with Crippen LogP contribution in [0.15, 0.2) is 24.3 Å². The van der Waals surface area contributed by atoms with Crippen molar-refractivity contribution in [3.8, 4) is 11.8 Å². The third kappa shape index (κ3) is 2.83. The second-order valence-electron chi connectivity index (χ2n) is 3.57. The Kier molecular flexibility index (Phi) is 4.53. The second kappa shape index (κ2) is 5.92. The van der Waals surface area contributed by atoms with Gasteiger partial charge in [0.15, 0.2) is 5.78 Å². The highest BCUT2D eigenvalue weighted by Gasteiger charge is 2.18. The number of hydrogen-bond acceptors (Lipinski definition) is 3. The van der Waals surface area contributed by atoms with Gasteiger partial charge in [-0.05, 0) is 18.6 Å². The van der Waals surface area contributed by atoms with E-state index in [1.54, 1.807) is 31.4 Å². The molecule has 0 spiro atoms. The highest BCUT2D eigenvalue weighted by molar-refractivity contribution is 5.99. The normalized spacial score (nSPS) is 11.6. The van der Waals surface area contributed by atoms with Crippen LogP contribution in [0.25, 0.3) is 0 Å². The third-order valence-electron chi connectivity index (χ3n) is 2.40. The van der Waals surface area contributed by atoms with Crippen LogP contribution in [0.2, 0.25) is 0 Å². The number of carbonyl (C=O) groups is 1. The van der Waals surface area contributed by atoms with Gasteiger partial charge in [-0.1, -0.05) is 25.5 Å². The zero-order valence-corrected chi connectivity index (χ0v) is 9.56. The second-order valence-corrected chi connectivity index (χ2v) is 3.57. The molecular formula is C13H15NO2. The fourth-order valence-corrected chi connectivity index (χ4v) is 1.52. The van der Waals surface area contributed by atoms with E-state index < -0.39 is 5.92 Å². The summed E-state index contributed by atoms with van der Waals surface area (Å²) in [5.41, 5.74) is 0.541. The summed E-state index contributed by atoms with van der Waals surface area (Å²) in [6.45, 7) is 1.96. The maximum Gasteiger partial charge on any atom is 0.180 e. The zero-order chi connectivity index (χ0) is 12.0. The van der Waals surface area contributed by atoms with Crippen molar-refractivity contribution in [3.63, 3.8) is 0 Å². The van der Waals surface area contributed by atoms with Crippen molar-refractivity contribution < 1.29 is 9.53 Å². The molecule has 1 atom stereocenters. The van der Waals surface area contributed by atoms with Gasteiger partial charge in [0.2, 0.25) is 0 Å². The van der Waals surface area contributed by atoms with Crippen LogP contribution in [-0.2, 0) is 0 Å². The lowest BCUT2D eigenvalue weighted by Gasteiger charge is -2.07. The van der Waals surface area contributed by atoms with E-state index in [2.05, 4.69) is 0 Å². The summed E-state index contributed by atoms with van der Waals surface area (Å²) in [6, 6.07) is 8.96. The summed E-state index contributed by atoms with van der Waals surface area (Å²) < 4.78 is 5.04. The van der Waals surface area contributed by atoms with Gasteiger partial charge in [0.05, 0.1) is 13.2 Å². The SMILES string of the molecule is CCCC(C#N)C(=O)c1cccc(OC)c1. The number of carbonyl (C=O) groups excluding carboxylic acids is 1. The smallest absolute Gasteiger partial charge is 0.180 e. The molecule has 0 aliphatic heterocycles. The van der Waals surface area contributed by atoms with Crippen LogP contribution >= 0.6 is 0 Å². The summed E-state index contributed by atoms with van der Waals surface area (Å²) in [6.07, 6.45) is 1.43. The number of benzene rings is 1. The van der Waals surface area contributed by atoms with Crippen LogP contribution in [0, 0.1) is 17.2 Å². The maximum absolute atomic E-state index is 12.0. The molecule has 0 aliphatic carbocycles. The predicted molar refractivity (Wildman–Crippen MR) is 61.3 cm³/mol. The van der Waals surface area contributed by atoms with Gasteiger partial charge in [-0.25, -0.2) is 0 Å². The molecule has 1 unspecified atom stereocenters. The van der Waals surface area contributed by atoms with E-state index in [0.29, 0.717) is 17.7 Å². The number of Topliss-reactive ketones (excluding diaryl/α,β-unsaturated/α-hetero) is 1. The minimum atomic E-state index is -0.544. The molecule has 1 aromatic rings. The molecule has 0 radical (unpaired) electrons. The summed E-state index contributed by atoms with van der Waals surface area (Å²) in [5.74, 6) is -0.0283. The maximum atomic E-state index is 12.0. The Hall–Kier alpha value is -1.82. The van der Waals surface area contributed by atoms with Crippen molar-refractivity contribution in [2.75, 3.05) is 7.11 Å². The van der Waals surface area contributed by atoms with Gasteiger partial charge in [-0.3, -0.25) is 4.79 Å². The lowest BCUT2D eigenvalue weighted by Crippen LogP contribution is -2.12. The summed E-state index contributed by atoms with van der Waals surface area (Å²) in [5, 5.41) is 8.91. The minimum absolute atomic E-state index is 0.122. The van der Waals surface area contributed by atoms with Crippen molar-refractivity contribution in [2.24, 2.45) is 5.92 Å². The minimum Gasteiger partial charge on any atom is -0.497 e. The molecule has 0 bridgehead atoms. The fourth-order valence-electron chi connectivity index (χ4n) is 1.52. The van der Waals surface area contributed by atoms with Crippen molar-refractivity contribution in [1.82, 2.24) is 0 Å². The molecule has 0 saturated carbocycles. The first kappa shape index (κ1) is 12.3. The number of nitriles is 1. The van der Waals surface area contributed by atoms with Gasteiger partial charge < -0.3 is 4.74 Å². The van der Waals surface area contributed by atoms with E-state index in [1.165, 1.54) is 0 Å². The van der Waals surface area contributed by atoms with Crippen LogP contribution in [0.3, 0.4) is 0 Å². The van der Waals surface area contributed by atoms with Crippen molar-refractivity contribution >= 4 is 5.78 Å². The average molecular weight is 217 g/mol. The van der Waals surface area contributed by atoms with E-state index in [4.69, 9.17) is 10.00 Å². The Morgan fingerprint density at radius 1 is 1.56 bits per heavy atom. The molecule has 3 heteroatoms. The Balaban J connectivity index is 2.90. The number of ketones is 1. The first-order valence-corrected chi connectivity index (χ1v) is 5.30. The van der Waals surface area contributed by atoms with E-state index >= 15 is 0 Å². The van der Waals surface area contributed by atoms with Gasteiger partial charge >= 0.3 is 0 Å². The molecule has 16 heavy (non-hydrogen) atoms. The van der Waals surface area contributed by atoms with Crippen molar-refractivity contribution in [1.29, 1.82) is 5.26 Å². The molecule has 0 fully saturated rings. The Labute approximate surface area is 95.7 Å². The Morgan fingerprint density at radius 3 is 2.88 bits per heavy atom. The number of rotatable bonds is 5. The summed E-state index contributed by atoms with van der Waals surface area (Å²) in [7, 11) is 1.55. The topological polar surface area (TPSA) is 50.1 Å². The molecule has 0 saturated heterocycles. The van der Waals surface area contributed by atoms with Gasteiger partial charge in [0, 0.05) is 5.56 Å². The third-order valence-corrected chi connectivity index (χ3v) is 2.40. The van der Waals surface area contributed by atoms with Crippen LogP contribution in [-0.4, -0.2) is 12.9 Å². The summed E-state index contributed by atoms with van der Waals surface area (Å²) in [4.78, 5) is 12.0. The Bertz CT molecular complexity index is 407.